The van der Waals surface area contributed by atoms with E-state index in [2.05, 4.69) is 6.58 Å². The summed E-state index contributed by atoms with van der Waals surface area (Å²) in [5, 5.41) is 0. The number of aryl methyl sites for hydroxylation is 1. The highest BCUT2D eigenvalue weighted by molar-refractivity contribution is 5.88. The summed E-state index contributed by atoms with van der Waals surface area (Å²) in [6.45, 7) is 5.13. The lowest BCUT2D eigenvalue weighted by Crippen LogP contribution is -2.16. The maximum atomic E-state index is 11.0. The first-order chi connectivity index (χ1) is 6.11. The Kier molecular flexibility index (Phi) is 2.69. The van der Waals surface area contributed by atoms with Gasteiger partial charge in [-0.25, -0.2) is 4.79 Å². The van der Waals surface area contributed by atoms with Crippen LogP contribution in [0, 0.1) is 6.92 Å². The lowest BCUT2D eigenvalue weighted by atomic mass is 10.2. The van der Waals surface area contributed by atoms with Gasteiger partial charge < -0.3 is 10.5 Å². The second-order valence-corrected chi connectivity index (χ2v) is 2.68. The zero-order valence-electron chi connectivity index (χ0n) is 7.41. The first-order valence-corrected chi connectivity index (χ1v) is 3.83. The molecule has 3 nitrogen and oxygen atoms in total. The first kappa shape index (κ1) is 9.32. The summed E-state index contributed by atoms with van der Waals surface area (Å²) in [5.41, 5.74) is 5.96. The molecule has 1 aromatic rings. The van der Waals surface area contributed by atoms with Gasteiger partial charge in [-0.05, 0) is 18.6 Å². The summed E-state index contributed by atoms with van der Waals surface area (Å²) >= 11 is 0. The van der Waals surface area contributed by atoms with Crippen LogP contribution in [0.2, 0.25) is 0 Å². The van der Waals surface area contributed by atoms with Crippen molar-refractivity contribution in [3.05, 3.63) is 42.1 Å². The van der Waals surface area contributed by atoms with Crippen molar-refractivity contribution in [2.75, 3.05) is 0 Å². The minimum atomic E-state index is -0.602. The molecule has 0 saturated heterocycles. The van der Waals surface area contributed by atoms with Crippen molar-refractivity contribution in [3.63, 3.8) is 0 Å². The van der Waals surface area contributed by atoms with E-state index < -0.39 is 5.97 Å². The van der Waals surface area contributed by atoms with Crippen molar-refractivity contribution < 1.29 is 9.53 Å². The second kappa shape index (κ2) is 3.76. The Hall–Kier alpha value is -1.77. The van der Waals surface area contributed by atoms with Crippen LogP contribution in [0.3, 0.4) is 0 Å². The number of benzene rings is 1. The zero-order valence-corrected chi connectivity index (χ0v) is 7.41. The molecule has 0 aromatic heterocycles. The van der Waals surface area contributed by atoms with Crippen LogP contribution in [-0.4, -0.2) is 5.97 Å². The van der Waals surface area contributed by atoms with Crippen molar-refractivity contribution in [2.24, 2.45) is 5.73 Å². The van der Waals surface area contributed by atoms with Crippen LogP contribution in [0.5, 0.6) is 5.75 Å². The predicted octanol–water partition coefficient (Wildman–Crippen LogP) is 1.37. The average Bonchev–Trinajstić information content (AvgIpc) is 2.08. The molecule has 0 amide bonds. The largest absolute Gasteiger partial charge is 0.422 e. The fraction of sp³-hybridized carbons (Fsp3) is 0.100. The van der Waals surface area contributed by atoms with Gasteiger partial charge in [0.05, 0.1) is 0 Å². The van der Waals surface area contributed by atoms with Gasteiger partial charge in [0.25, 0.3) is 0 Å². The van der Waals surface area contributed by atoms with Crippen LogP contribution in [0.4, 0.5) is 0 Å². The highest BCUT2D eigenvalue weighted by Crippen LogP contribution is 2.16. The van der Waals surface area contributed by atoms with Gasteiger partial charge in [0, 0.05) is 0 Å². The van der Waals surface area contributed by atoms with Crippen LogP contribution in [-0.2, 0) is 4.79 Å². The summed E-state index contributed by atoms with van der Waals surface area (Å²) in [4.78, 5) is 11.0. The smallest absolute Gasteiger partial charge is 0.358 e. The van der Waals surface area contributed by atoms with Gasteiger partial charge in [-0.15, -0.1) is 0 Å². The number of esters is 1. The number of rotatable bonds is 2. The van der Waals surface area contributed by atoms with Gasteiger partial charge in [0.2, 0.25) is 0 Å². The molecule has 2 N–H and O–H groups in total. The van der Waals surface area contributed by atoms with E-state index >= 15 is 0 Å². The quantitative estimate of drug-likeness (QED) is 0.421. The molecule has 3 heteroatoms. The molecule has 0 aliphatic rings. The third-order valence-electron chi connectivity index (χ3n) is 1.56. The monoisotopic (exact) mass is 177 g/mol. The molecule has 1 aromatic carbocycles. The molecule has 0 radical (unpaired) electrons. The van der Waals surface area contributed by atoms with E-state index in [9.17, 15) is 4.79 Å². The van der Waals surface area contributed by atoms with E-state index in [4.69, 9.17) is 10.5 Å². The standard InChI is InChI=1S/C10H11NO2/c1-7-5-3-4-6-9(7)13-10(12)8(2)11/h3-6H,2,11H2,1H3. The van der Waals surface area contributed by atoms with Gasteiger partial charge in [-0.3, -0.25) is 0 Å². The fourth-order valence-electron chi connectivity index (χ4n) is 0.836. The Morgan fingerprint density at radius 3 is 2.62 bits per heavy atom. The number of carbonyl (C=O) groups is 1. The van der Waals surface area contributed by atoms with Crippen molar-refractivity contribution in [1.82, 2.24) is 0 Å². The molecular formula is C10H11NO2. The Bertz CT molecular complexity index is 345. The Balaban J connectivity index is 2.81. The molecule has 0 heterocycles. The molecule has 0 unspecified atom stereocenters. The molecule has 1 rings (SSSR count). The van der Waals surface area contributed by atoms with Crippen LogP contribution in [0.15, 0.2) is 36.5 Å². The van der Waals surface area contributed by atoms with E-state index in [1.54, 1.807) is 12.1 Å². The van der Waals surface area contributed by atoms with Crippen LogP contribution >= 0.6 is 0 Å². The molecule has 0 aliphatic carbocycles. The molecule has 0 aliphatic heterocycles. The Morgan fingerprint density at radius 1 is 1.46 bits per heavy atom. The topological polar surface area (TPSA) is 52.3 Å². The fourth-order valence-corrected chi connectivity index (χ4v) is 0.836. The van der Waals surface area contributed by atoms with Gasteiger partial charge >= 0.3 is 5.97 Å². The zero-order chi connectivity index (χ0) is 9.84. The third kappa shape index (κ3) is 2.33. The van der Waals surface area contributed by atoms with E-state index in [0.717, 1.165) is 5.56 Å². The normalized spacial score (nSPS) is 9.31. The molecule has 0 fully saturated rings. The van der Waals surface area contributed by atoms with Crippen LogP contribution < -0.4 is 10.5 Å². The SMILES string of the molecule is C=C(N)C(=O)Oc1ccccc1C. The number of para-hydroxylation sites is 1. The summed E-state index contributed by atoms with van der Waals surface area (Å²) < 4.78 is 4.94. The highest BCUT2D eigenvalue weighted by atomic mass is 16.5. The van der Waals surface area contributed by atoms with E-state index in [1.807, 2.05) is 19.1 Å². The second-order valence-electron chi connectivity index (χ2n) is 2.68. The maximum absolute atomic E-state index is 11.0. The molecule has 13 heavy (non-hydrogen) atoms. The van der Waals surface area contributed by atoms with Gasteiger partial charge in [-0.1, -0.05) is 24.8 Å². The van der Waals surface area contributed by atoms with Gasteiger partial charge in [0.1, 0.15) is 11.4 Å². The van der Waals surface area contributed by atoms with Crippen molar-refractivity contribution >= 4 is 5.97 Å². The maximum Gasteiger partial charge on any atom is 0.358 e. The molecule has 0 bridgehead atoms. The number of ether oxygens (including phenoxy) is 1. The summed E-state index contributed by atoms with van der Waals surface area (Å²) in [6, 6.07) is 7.21. The number of nitrogens with two attached hydrogens (primary N) is 1. The lowest BCUT2D eigenvalue weighted by Gasteiger charge is -2.05. The van der Waals surface area contributed by atoms with Gasteiger partial charge in [0.15, 0.2) is 0 Å². The Labute approximate surface area is 76.8 Å². The summed E-state index contributed by atoms with van der Waals surface area (Å²) in [7, 11) is 0. The van der Waals surface area contributed by atoms with E-state index in [0.29, 0.717) is 5.75 Å². The summed E-state index contributed by atoms with van der Waals surface area (Å²) in [5.74, 6) is -0.0894. The Morgan fingerprint density at radius 2 is 2.08 bits per heavy atom. The van der Waals surface area contributed by atoms with E-state index in [-0.39, 0.29) is 5.70 Å². The summed E-state index contributed by atoms with van der Waals surface area (Å²) in [6.07, 6.45) is 0. The molecule has 0 spiro atoms. The third-order valence-corrected chi connectivity index (χ3v) is 1.56. The molecule has 0 saturated carbocycles. The molecule has 0 atom stereocenters. The minimum Gasteiger partial charge on any atom is -0.422 e. The average molecular weight is 177 g/mol. The lowest BCUT2D eigenvalue weighted by molar-refractivity contribution is -0.130. The molecule has 68 valence electrons. The van der Waals surface area contributed by atoms with E-state index in [1.165, 1.54) is 0 Å². The predicted molar refractivity (Wildman–Crippen MR) is 50.1 cm³/mol. The molecular weight excluding hydrogens is 166 g/mol. The minimum absolute atomic E-state index is 0.0942. The van der Waals surface area contributed by atoms with Crippen molar-refractivity contribution in [3.8, 4) is 5.75 Å². The number of hydrogen-bond acceptors (Lipinski definition) is 3. The van der Waals surface area contributed by atoms with Crippen molar-refractivity contribution in [2.45, 2.75) is 6.92 Å². The van der Waals surface area contributed by atoms with Crippen LogP contribution in [0.25, 0.3) is 0 Å². The van der Waals surface area contributed by atoms with Crippen LogP contribution in [0.1, 0.15) is 5.56 Å². The van der Waals surface area contributed by atoms with Crippen molar-refractivity contribution in [1.29, 1.82) is 0 Å². The number of carbonyl (C=O) groups excluding carboxylic acids is 1. The highest BCUT2D eigenvalue weighted by Gasteiger charge is 2.06. The first-order valence-electron chi connectivity index (χ1n) is 3.83. The van der Waals surface area contributed by atoms with Gasteiger partial charge in [-0.2, -0.15) is 0 Å². The number of hydrogen-bond donors (Lipinski definition) is 1.